The molecule has 1 atom stereocenters. The molecule has 1 heterocycles. The number of aromatic amines is 1. The van der Waals surface area contributed by atoms with E-state index in [1.807, 2.05) is 6.07 Å². The van der Waals surface area contributed by atoms with Crippen molar-refractivity contribution in [3.05, 3.63) is 33.7 Å². The van der Waals surface area contributed by atoms with Crippen LogP contribution in [0.3, 0.4) is 0 Å². The summed E-state index contributed by atoms with van der Waals surface area (Å²) in [6.45, 7) is 0.330. The third-order valence-electron chi connectivity index (χ3n) is 3.33. The highest BCUT2D eigenvalue weighted by Crippen LogP contribution is 2.27. The number of aromatic nitrogens is 1. The van der Waals surface area contributed by atoms with Crippen LogP contribution in [0.4, 0.5) is 0 Å². The number of fused-ring (bicyclic) bond motifs is 1. The molecule has 1 aliphatic rings. The summed E-state index contributed by atoms with van der Waals surface area (Å²) in [5.41, 5.74) is 2.06. The molecule has 0 saturated heterocycles. The monoisotopic (exact) mass is 249 g/mol. The maximum absolute atomic E-state index is 11.6. The number of aryl methyl sites for hydroxylation is 1. The van der Waals surface area contributed by atoms with Crippen molar-refractivity contribution in [3.63, 3.8) is 0 Å². The van der Waals surface area contributed by atoms with Crippen molar-refractivity contribution in [1.82, 2.24) is 15.2 Å². The van der Waals surface area contributed by atoms with E-state index < -0.39 is 0 Å². The Bertz CT molecular complexity index is 493. The molecule has 1 amide bonds. The van der Waals surface area contributed by atoms with Gasteiger partial charge < -0.3 is 15.2 Å². The van der Waals surface area contributed by atoms with Gasteiger partial charge in [-0.15, -0.1) is 0 Å². The minimum absolute atomic E-state index is 0.0567. The van der Waals surface area contributed by atoms with E-state index in [1.165, 1.54) is 0 Å². The van der Waals surface area contributed by atoms with Gasteiger partial charge in [-0.1, -0.05) is 6.07 Å². The molecule has 0 aliphatic heterocycles. The lowest BCUT2D eigenvalue weighted by molar-refractivity contribution is -0.127. The Kier molecular flexibility index (Phi) is 3.81. The number of carbonyl (C=O) groups excluding carboxylic acids is 1. The van der Waals surface area contributed by atoms with Crippen LogP contribution in [0.25, 0.3) is 0 Å². The molecule has 1 aliphatic carbocycles. The van der Waals surface area contributed by atoms with E-state index in [2.05, 4.69) is 10.3 Å². The Labute approximate surface area is 106 Å². The number of nitrogens with one attached hydrogen (secondary N) is 2. The van der Waals surface area contributed by atoms with Crippen molar-refractivity contribution in [1.29, 1.82) is 0 Å². The van der Waals surface area contributed by atoms with Gasteiger partial charge in [-0.05, 0) is 24.8 Å². The van der Waals surface area contributed by atoms with Crippen LogP contribution in [0.5, 0.6) is 0 Å². The number of hydrogen-bond donors (Lipinski definition) is 2. The largest absolute Gasteiger partial charge is 0.348 e. The smallest absolute Gasteiger partial charge is 0.248 e. The highest BCUT2D eigenvalue weighted by Gasteiger charge is 2.21. The number of pyridine rings is 1. The molecule has 0 aromatic carbocycles. The van der Waals surface area contributed by atoms with E-state index in [9.17, 15) is 9.59 Å². The zero-order valence-corrected chi connectivity index (χ0v) is 10.8. The van der Waals surface area contributed by atoms with E-state index >= 15 is 0 Å². The number of amides is 1. The molecule has 0 fully saturated rings. The minimum atomic E-state index is -0.0567. The van der Waals surface area contributed by atoms with Crippen molar-refractivity contribution < 1.29 is 4.79 Å². The summed E-state index contributed by atoms with van der Waals surface area (Å²) in [5, 5.41) is 3.27. The highest BCUT2D eigenvalue weighted by atomic mass is 16.2. The normalized spacial score (nSPS) is 18.2. The summed E-state index contributed by atoms with van der Waals surface area (Å²) in [6.07, 6.45) is 2.94. The van der Waals surface area contributed by atoms with Crippen LogP contribution < -0.4 is 10.9 Å². The predicted octanol–water partition coefficient (Wildman–Crippen LogP) is 0.430. The van der Waals surface area contributed by atoms with E-state index in [1.54, 1.807) is 25.1 Å². The molecule has 0 bridgehead atoms. The molecule has 18 heavy (non-hydrogen) atoms. The zero-order valence-electron chi connectivity index (χ0n) is 10.8. The second-order valence-electron chi connectivity index (χ2n) is 4.87. The summed E-state index contributed by atoms with van der Waals surface area (Å²) < 4.78 is 0. The van der Waals surface area contributed by atoms with Crippen LogP contribution in [0.15, 0.2) is 16.9 Å². The number of carbonyl (C=O) groups is 1. The molecule has 98 valence electrons. The lowest BCUT2D eigenvalue weighted by Gasteiger charge is -2.26. The van der Waals surface area contributed by atoms with Crippen molar-refractivity contribution >= 4 is 5.91 Å². The molecular formula is C13H19N3O2. The SMILES string of the molecule is CN(C)C(=O)CNC1CCCc2[nH]c(=O)ccc21. The number of nitrogens with zero attached hydrogens (tertiary/aromatic N) is 1. The molecule has 0 spiro atoms. The third-order valence-corrected chi connectivity index (χ3v) is 3.33. The first-order chi connectivity index (χ1) is 8.58. The predicted molar refractivity (Wildman–Crippen MR) is 69.4 cm³/mol. The Balaban J connectivity index is 2.08. The second kappa shape index (κ2) is 5.35. The Morgan fingerprint density at radius 1 is 1.50 bits per heavy atom. The lowest BCUT2D eigenvalue weighted by atomic mass is 9.91. The van der Waals surface area contributed by atoms with Crippen LogP contribution >= 0.6 is 0 Å². The van der Waals surface area contributed by atoms with Gasteiger partial charge in [-0.25, -0.2) is 0 Å². The molecule has 2 N–H and O–H groups in total. The first-order valence-electron chi connectivity index (χ1n) is 6.23. The van der Waals surface area contributed by atoms with Crippen molar-refractivity contribution in [2.24, 2.45) is 0 Å². The molecule has 5 nitrogen and oxygen atoms in total. The van der Waals surface area contributed by atoms with E-state index in [0.717, 1.165) is 30.5 Å². The summed E-state index contributed by atoms with van der Waals surface area (Å²) in [7, 11) is 3.49. The first kappa shape index (κ1) is 12.8. The molecular weight excluding hydrogens is 230 g/mol. The Morgan fingerprint density at radius 2 is 2.28 bits per heavy atom. The van der Waals surface area contributed by atoms with Crippen molar-refractivity contribution in [2.75, 3.05) is 20.6 Å². The van der Waals surface area contributed by atoms with Crippen molar-refractivity contribution in [3.8, 4) is 0 Å². The van der Waals surface area contributed by atoms with E-state index in [4.69, 9.17) is 0 Å². The molecule has 0 saturated carbocycles. The van der Waals surface area contributed by atoms with Gasteiger partial charge in [0.05, 0.1) is 6.54 Å². The van der Waals surface area contributed by atoms with Crippen molar-refractivity contribution in [2.45, 2.75) is 25.3 Å². The molecule has 1 unspecified atom stereocenters. The quantitative estimate of drug-likeness (QED) is 0.816. The van der Waals surface area contributed by atoms with Crippen LogP contribution in [-0.2, 0) is 11.2 Å². The average Bonchev–Trinajstić information content (AvgIpc) is 2.35. The van der Waals surface area contributed by atoms with Crippen LogP contribution in [0, 0.1) is 0 Å². The fraction of sp³-hybridized carbons (Fsp3) is 0.538. The molecule has 2 rings (SSSR count). The maximum atomic E-state index is 11.6. The number of likely N-dealkylation sites (N-methyl/N-ethyl adjacent to an activating group) is 1. The standard InChI is InChI=1S/C13H19N3O2/c1-16(2)13(18)8-14-10-4-3-5-11-9(10)6-7-12(17)15-11/h6-7,10,14H,3-5,8H2,1-2H3,(H,15,17). The van der Waals surface area contributed by atoms with Gasteiger partial charge in [0.15, 0.2) is 0 Å². The zero-order chi connectivity index (χ0) is 13.1. The van der Waals surface area contributed by atoms with Crippen LogP contribution in [-0.4, -0.2) is 36.4 Å². The molecule has 0 radical (unpaired) electrons. The van der Waals surface area contributed by atoms with Gasteiger partial charge in [0, 0.05) is 31.9 Å². The fourth-order valence-corrected chi connectivity index (χ4v) is 2.28. The number of hydrogen-bond acceptors (Lipinski definition) is 3. The topological polar surface area (TPSA) is 65.2 Å². The van der Waals surface area contributed by atoms with Gasteiger partial charge in [-0.3, -0.25) is 9.59 Å². The fourth-order valence-electron chi connectivity index (χ4n) is 2.28. The van der Waals surface area contributed by atoms with E-state index in [-0.39, 0.29) is 17.5 Å². The molecule has 1 aromatic rings. The number of H-pyrrole nitrogens is 1. The molecule has 5 heteroatoms. The van der Waals surface area contributed by atoms with Gasteiger partial charge in [0.2, 0.25) is 11.5 Å². The number of rotatable bonds is 3. The summed E-state index contributed by atoms with van der Waals surface area (Å²) >= 11 is 0. The van der Waals surface area contributed by atoms with Gasteiger partial charge in [0.25, 0.3) is 0 Å². The van der Waals surface area contributed by atoms with E-state index in [0.29, 0.717) is 6.54 Å². The first-order valence-corrected chi connectivity index (χ1v) is 6.23. The maximum Gasteiger partial charge on any atom is 0.248 e. The summed E-state index contributed by atoms with van der Waals surface area (Å²) in [6, 6.07) is 3.58. The average molecular weight is 249 g/mol. The summed E-state index contributed by atoms with van der Waals surface area (Å²) in [5.74, 6) is 0.0616. The second-order valence-corrected chi connectivity index (χ2v) is 4.87. The van der Waals surface area contributed by atoms with Crippen LogP contribution in [0.1, 0.15) is 30.1 Å². The Hall–Kier alpha value is -1.62. The lowest BCUT2D eigenvalue weighted by Crippen LogP contribution is -2.36. The van der Waals surface area contributed by atoms with Gasteiger partial charge >= 0.3 is 0 Å². The Morgan fingerprint density at radius 3 is 3.00 bits per heavy atom. The summed E-state index contributed by atoms with van der Waals surface area (Å²) in [4.78, 5) is 27.3. The van der Waals surface area contributed by atoms with Gasteiger partial charge in [-0.2, -0.15) is 0 Å². The van der Waals surface area contributed by atoms with Crippen LogP contribution in [0.2, 0.25) is 0 Å². The highest BCUT2D eigenvalue weighted by molar-refractivity contribution is 5.77. The van der Waals surface area contributed by atoms with Gasteiger partial charge in [0.1, 0.15) is 0 Å². The minimum Gasteiger partial charge on any atom is -0.348 e. The molecule has 1 aromatic heterocycles. The third kappa shape index (κ3) is 2.79.